The molecule has 8 rings (SSSR count). The average Bonchev–Trinajstić information content (AvgIpc) is 3.89. The quantitative estimate of drug-likeness (QED) is 0.111. The van der Waals surface area contributed by atoms with Crippen LogP contribution in [0.15, 0.2) is 139 Å². The molecule has 62 heavy (non-hydrogen) atoms. The van der Waals surface area contributed by atoms with Crippen LogP contribution >= 0.6 is 0 Å². The summed E-state index contributed by atoms with van der Waals surface area (Å²) in [4.78, 5) is 26.2. The molecular weight excluding hydrogens is 796 g/mol. The summed E-state index contributed by atoms with van der Waals surface area (Å²) in [6.45, 7) is 8.50. The predicted octanol–water partition coefficient (Wildman–Crippen LogP) is 7.70. The Morgan fingerprint density at radius 3 is 2.03 bits per heavy atom. The molecule has 1 aliphatic heterocycles. The maximum Gasteiger partial charge on any atom is 0.350 e. The van der Waals surface area contributed by atoms with Crippen LogP contribution in [0.2, 0.25) is 0 Å². The normalized spacial score (nSPS) is 15.3. The van der Waals surface area contributed by atoms with E-state index < -0.39 is 29.6 Å². The standard InChI is InChI=1S/C47H48F3N9O3/c1-4-43(33(2)62-29-35-9-6-5-7-10-35)59-45(60)57(32-54-59)42-20-18-41(19-21-42)56-25-23-55(24-26-56)40-16-13-36(14-17-40)37-15-22-44(51-28-37)47(49,50)46(61,30-58-34(3)52-31-53-58)38-11-8-12-39(48)27-38/h5-22,27-28,31-33,43,61H,4,23-26,29-30H2,1-3H3. The van der Waals surface area contributed by atoms with Gasteiger partial charge in [-0.15, -0.1) is 0 Å². The summed E-state index contributed by atoms with van der Waals surface area (Å²) in [5.74, 6) is -4.39. The van der Waals surface area contributed by atoms with Gasteiger partial charge in [0.25, 0.3) is 0 Å². The number of rotatable bonds is 15. The van der Waals surface area contributed by atoms with E-state index >= 15 is 8.78 Å². The van der Waals surface area contributed by atoms with E-state index in [1.165, 1.54) is 41.5 Å². The lowest BCUT2D eigenvalue weighted by atomic mass is 9.84. The Kier molecular flexibility index (Phi) is 12.1. The molecule has 1 saturated heterocycles. The maximum atomic E-state index is 16.4. The van der Waals surface area contributed by atoms with Crippen molar-refractivity contribution >= 4 is 11.4 Å². The Hall–Kier alpha value is -6.58. The molecule has 1 aliphatic rings. The van der Waals surface area contributed by atoms with E-state index in [4.69, 9.17) is 4.74 Å². The van der Waals surface area contributed by atoms with E-state index in [0.717, 1.165) is 71.2 Å². The van der Waals surface area contributed by atoms with Crippen LogP contribution < -0.4 is 15.5 Å². The highest BCUT2D eigenvalue weighted by Gasteiger charge is 2.57. The topological polar surface area (TPSA) is 119 Å². The molecule has 0 bridgehead atoms. The number of aromatic nitrogens is 7. The minimum atomic E-state index is -3.94. The van der Waals surface area contributed by atoms with Crippen molar-refractivity contribution in [2.24, 2.45) is 0 Å². The van der Waals surface area contributed by atoms with E-state index in [9.17, 15) is 14.3 Å². The van der Waals surface area contributed by atoms with Gasteiger partial charge in [0.2, 0.25) is 0 Å². The summed E-state index contributed by atoms with van der Waals surface area (Å²) in [6.07, 6.45) is 4.60. The Morgan fingerprint density at radius 2 is 1.44 bits per heavy atom. The van der Waals surface area contributed by atoms with Crippen LogP contribution in [0.3, 0.4) is 0 Å². The van der Waals surface area contributed by atoms with Crippen molar-refractivity contribution in [1.29, 1.82) is 0 Å². The van der Waals surface area contributed by atoms with Crippen LogP contribution in [0, 0.1) is 12.7 Å². The lowest BCUT2D eigenvalue weighted by molar-refractivity contribution is -0.206. The van der Waals surface area contributed by atoms with Crippen LogP contribution in [0.5, 0.6) is 0 Å². The largest absolute Gasteiger partial charge is 0.377 e. The number of anilines is 2. The van der Waals surface area contributed by atoms with Gasteiger partial charge in [-0.2, -0.15) is 19.0 Å². The molecule has 320 valence electrons. The summed E-state index contributed by atoms with van der Waals surface area (Å²) in [7, 11) is 0. The van der Waals surface area contributed by atoms with E-state index in [-0.39, 0.29) is 23.4 Å². The zero-order chi connectivity index (χ0) is 43.4. The summed E-state index contributed by atoms with van der Waals surface area (Å²) < 4.78 is 57.4. The molecule has 0 radical (unpaired) electrons. The van der Waals surface area contributed by atoms with Crippen LogP contribution in [-0.2, 0) is 29.4 Å². The molecule has 4 aromatic carbocycles. The van der Waals surface area contributed by atoms with Gasteiger partial charge in [0.05, 0.1) is 31.0 Å². The van der Waals surface area contributed by atoms with Crippen LogP contribution in [0.25, 0.3) is 16.8 Å². The number of hydrogen-bond donors (Lipinski definition) is 1. The van der Waals surface area contributed by atoms with E-state index in [2.05, 4.69) is 30.0 Å². The first kappa shape index (κ1) is 42.1. The molecule has 3 atom stereocenters. The Balaban J connectivity index is 0.885. The van der Waals surface area contributed by atoms with Crippen LogP contribution in [0.1, 0.15) is 49.0 Å². The third kappa shape index (κ3) is 8.50. The first-order valence-electron chi connectivity index (χ1n) is 20.6. The minimum Gasteiger partial charge on any atom is -0.377 e. The lowest BCUT2D eigenvalue weighted by Crippen LogP contribution is -2.47. The molecule has 3 unspecified atom stereocenters. The number of piperazine rings is 1. The number of aliphatic hydroxyl groups is 1. The Bertz CT molecular complexity index is 2630. The number of pyridine rings is 1. The highest BCUT2D eigenvalue weighted by molar-refractivity contribution is 5.66. The van der Waals surface area contributed by atoms with Crippen molar-refractivity contribution in [2.45, 2.75) is 64.0 Å². The molecule has 7 aromatic rings. The summed E-state index contributed by atoms with van der Waals surface area (Å²) in [5, 5.41) is 20.1. The number of aryl methyl sites for hydroxylation is 1. The van der Waals surface area contributed by atoms with E-state index in [1.807, 2.05) is 92.7 Å². The van der Waals surface area contributed by atoms with Gasteiger partial charge >= 0.3 is 11.6 Å². The van der Waals surface area contributed by atoms with Crippen molar-refractivity contribution in [3.8, 4) is 16.8 Å². The number of ether oxygens (including phenoxy) is 1. The van der Waals surface area contributed by atoms with Crippen molar-refractivity contribution in [1.82, 2.24) is 34.1 Å². The Labute approximate surface area is 357 Å². The first-order chi connectivity index (χ1) is 29.9. The molecule has 0 spiro atoms. The maximum absolute atomic E-state index is 16.4. The molecule has 3 aromatic heterocycles. The highest BCUT2D eigenvalue weighted by Crippen LogP contribution is 2.46. The number of halogens is 3. The smallest absolute Gasteiger partial charge is 0.350 e. The minimum absolute atomic E-state index is 0.213. The van der Waals surface area contributed by atoms with Crippen LogP contribution in [0.4, 0.5) is 24.5 Å². The first-order valence-corrected chi connectivity index (χ1v) is 20.6. The SMILES string of the molecule is CCC(C(C)OCc1ccccc1)n1ncn(-c2ccc(N3CCN(c4ccc(-c5ccc(C(F)(F)C(O)(Cn6ncnc6C)c6cccc(F)c6)nc5)cc4)CC3)cc2)c1=O. The number of benzene rings is 4. The van der Waals surface area contributed by atoms with E-state index in [0.29, 0.717) is 24.4 Å². The zero-order valence-corrected chi connectivity index (χ0v) is 34.7. The fourth-order valence-corrected chi connectivity index (χ4v) is 8.02. The predicted molar refractivity (Wildman–Crippen MR) is 231 cm³/mol. The molecule has 15 heteroatoms. The summed E-state index contributed by atoms with van der Waals surface area (Å²) in [6, 6.07) is 32.8. The third-order valence-electron chi connectivity index (χ3n) is 11.8. The van der Waals surface area contributed by atoms with Gasteiger partial charge in [0.15, 0.2) is 5.60 Å². The molecule has 0 amide bonds. The molecular formula is C47H48F3N9O3. The molecule has 0 aliphatic carbocycles. The van der Waals surface area contributed by atoms with Crippen molar-refractivity contribution in [2.75, 3.05) is 36.0 Å². The number of hydrogen-bond acceptors (Lipinski definition) is 9. The van der Waals surface area contributed by atoms with Crippen molar-refractivity contribution in [3.05, 3.63) is 173 Å². The van der Waals surface area contributed by atoms with Crippen molar-refractivity contribution < 1.29 is 23.0 Å². The highest BCUT2D eigenvalue weighted by atomic mass is 19.3. The molecule has 0 saturated carbocycles. The number of alkyl halides is 2. The fraction of sp³-hybridized carbons (Fsp3) is 0.298. The summed E-state index contributed by atoms with van der Waals surface area (Å²) in [5.41, 5.74) is 1.22. The second-order valence-electron chi connectivity index (χ2n) is 15.6. The van der Waals surface area contributed by atoms with Gasteiger partial charge in [-0.3, -0.25) is 4.98 Å². The van der Waals surface area contributed by atoms with Gasteiger partial charge in [-0.05, 0) is 91.6 Å². The average molecular weight is 844 g/mol. The molecule has 1 fully saturated rings. The van der Waals surface area contributed by atoms with Gasteiger partial charge in [0.1, 0.15) is 30.0 Å². The van der Waals surface area contributed by atoms with Crippen molar-refractivity contribution in [3.63, 3.8) is 0 Å². The summed E-state index contributed by atoms with van der Waals surface area (Å²) >= 11 is 0. The fourth-order valence-electron chi connectivity index (χ4n) is 8.02. The molecule has 1 N–H and O–H groups in total. The molecule has 4 heterocycles. The monoisotopic (exact) mass is 843 g/mol. The zero-order valence-electron chi connectivity index (χ0n) is 34.7. The Morgan fingerprint density at radius 1 is 0.790 bits per heavy atom. The van der Waals surface area contributed by atoms with Gasteiger partial charge in [-0.1, -0.05) is 67.6 Å². The second-order valence-corrected chi connectivity index (χ2v) is 15.6. The van der Waals surface area contributed by atoms with Gasteiger partial charge in [-0.25, -0.2) is 28.1 Å². The molecule has 12 nitrogen and oxygen atoms in total. The lowest BCUT2D eigenvalue weighted by Gasteiger charge is -2.37. The van der Waals surface area contributed by atoms with Gasteiger partial charge in [0, 0.05) is 49.3 Å². The van der Waals surface area contributed by atoms with Gasteiger partial charge < -0.3 is 19.6 Å². The third-order valence-corrected chi connectivity index (χ3v) is 11.8. The van der Waals surface area contributed by atoms with E-state index in [1.54, 1.807) is 17.8 Å². The van der Waals surface area contributed by atoms with Crippen LogP contribution in [-0.4, -0.2) is 71.5 Å². The number of nitrogens with zero attached hydrogens (tertiary/aromatic N) is 9. The second kappa shape index (κ2) is 17.8.